The maximum absolute atomic E-state index is 11.3. The molecule has 0 aromatic heterocycles. The predicted molar refractivity (Wildman–Crippen MR) is 88.4 cm³/mol. The Morgan fingerprint density at radius 2 is 1.88 bits per heavy atom. The average molecular weight is 370 g/mol. The molecule has 2 rings (SSSR count). The number of fused-ring (bicyclic) bond motifs is 1. The molecule has 24 heavy (non-hydrogen) atoms. The number of nitrogens with zero attached hydrogens (tertiary/aromatic N) is 1. The zero-order valence-corrected chi connectivity index (χ0v) is 14.9. The number of aliphatic carboxylic acids is 1. The van der Waals surface area contributed by atoms with Crippen molar-refractivity contribution in [3.63, 3.8) is 0 Å². The fourth-order valence-electron chi connectivity index (χ4n) is 2.25. The van der Waals surface area contributed by atoms with Gasteiger partial charge in [0.05, 0.1) is 0 Å². The molecule has 7 heteroatoms. The molecule has 0 saturated heterocycles. The van der Waals surface area contributed by atoms with Crippen LogP contribution in [0, 0.1) is 5.92 Å². The first-order chi connectivity index (χ1) is 11.0. The van der Waals surface area contributed by atoms with Gasteiger partial charge in [0.25, 0.3) is 0 Å². The predicted octanol–water partition coefficient (Wildman–Crippen LogP) is 2.52. The maximum atomic E-state index is 11.3. The quantitative estimate of drug-likeness (QED) is 0.786. The Balaban J connectivity index is 0.00000170. The molecule has 2 unspecified atom stereocenters. The Morgan fingerprint density at radius 3 is 2.46 bits per heavy atom. The topological polar surface area (TPSA) is 118 Å². The molecule has 0 bridgehead atoms. The van der Waals surface area contributed by atoms with Gasteiger partial charge in [-0.3, -0.25) is 4.99 Å². The molecule has 0 fully saturated rings. The van der Waals surface area contributed by atoms with Crippen molar-refractivity contribution in [2.75, 3.05) is 0 Å². The Labute approximate surface area is 149 Å². The van der Waals surface area contributed by atoms with Crippen molar-refractivity contribution in [2.24, 2.45) is 10.9 Å². The number of hydrogen-bond acceptors (Lipinski definition) is 4. The van der Waals surface area contributed by atoms with E-state index in [9.17, 15) is 15.0 Å². The third-order valence-electron chi connectivity index (χ3n) is 3.75. The number of hydrogen-bond donors (Lipinski definition) is 2. The number of phenolic OH excluding ortho intramolecular Hbond substituents is 1. The van der Waals surface area contributed by atoms with Gasteiger partial charge < -0.3 is 15.7 Å². The van der Waals surface area contributed by atoms with Crippen LogP contribution >= 0.6 is 0 Å². The number of aromatic hydroxyl groups is 1. The number of rotatable bonds is 5. The minimum absolute atomic E-state index is 0. The standard InChI is InChI=1S/C17H19NO3.H2O.O.V/c1-3-11(2)16(17(20)21)18-10-14-13-7-5-4-6-12(13)8-9-15(14)19;;;/h4-11,16,19H,3H2,1-2H3,(H,20,21);1H2;;. The minimum atomic E-state index is -0.944. The van der Waals surface area contributed by atoms with E-state index >= 15 is 0 Å². The fraction of sp³-hybridized carbons (Fsp3) is 0.294. The molecule has 0 radical (unpaired) electrons. The van der Waals surface area contributed by atoms with Gasteiger partial charge in [0, 0.05) is 11.8 Å². The van der Waals surface area contributed by atoms with E-state index in [2.05, 4.69) is 4.99 Å². The molecule has 2 atom stereocenters. The molecular formula is C17H21NO5V. The summed E-state index contributed by atoms with van der Waals surface area (Å²) in [6, 6.07) is 10.2. The molecule has 0 saturated carbocycles. The number of carbonyl (C=O) groups is 1. The molecule has 0 aliphatic rings. The van der Waals surface area contributed by atoms with E-state index in [0.29, 0.717) is 5.56 Å². The third-order valence-corrected chi connectivity index (χ3v) is 3.75. The summed E-state index contributed by atoms with van der Waals surface area (Å²) in [5.74, 6) is -0.901. The number of benzene rings is 2. The van der Waals surface area contributed by atoms with E-state index < -0.39 is 12.0 Å². The Morgan fingerprint density at radius 1 is 1.25 bits per heavy atom. The van der Waals surface area contributed by atoms with Gasteiger partial charge in [0.15, 0.2) is 0 Å². The van der Waals surface area contributed by atoms with E-state index in [4.69, 9.17) is 3.67 Å². The van der Waals surface area contributed by atoms with Crippen LogP contribution in [0.3, 0.4) is 0 Å². The van der Waals surface area contributed by atoms with Crippen molar-refractivity contribution in [1.29, 1.82) is 0 Å². The van der Waals surface area contributed by atoms with Gasteiger partial charge in [-0.2, -0.15) is 0 Å². The Kier molecular flexibility index (Phi) is 9.80. The van der Waals surface area contributed by atoms with Gasteiger partial charge in [0.1, 0.15) is 11.8 Å². The van der Waals surface area contributed by atoms with Crippen LogP contribution in [0.15, 0.2) is 41.4 Å². The van der Waals surface area contributed by atoms with Gasteiger partial charge >= 0.3 is 27.0 Å². The van der Waals surface area contributed by atoms with E-state index in [1.165, 1.54) is 6.21 Å². The summed E-state index contributed by atoms with van der Waals surface area (Å²) in [7, 11) is 0. The monoisotopic (exact) mass is 370 g/mol. The summed E-state index contributed by atoms with van der Waals surface area (Å²) in [4.78, 5) is 15.5. The zero-order valence-electron chi connectivity index (χ0n) is 13.5. The summed E-state index contributed by atoms with van der Waals surface area (Å²) in [5.41, 5.74) is 0.558. The first kappa shape index (κ1) is 22.0. The summed E-state index contributed by atoms with van der Waals surface area (Å²) in [5, 5.41) is 21.1. The number of phenols is 1. The van der Waals surface area contributed by atoms with Crippen LogP contribution in [0.4, 0.5) is 0 Å². The number of carboxylic acid groups (broad SMARTS) is 1. The molecule has 0 heterocycles. The summed E-state index contributed by atoms with van der Waals surface area (Å²) < 4.78 is 8.19. The molecule has 0 spiro atoms. The van der Waals surface area contributed by atoms with Crippen LogP contribution in [-0.2, 0) is 25.8 Å². The van der Waals surface area contributed by atoms with Crippen molar-refractivity contribution >= 4 is 23.0 Å². The van der Waals surface area contributed by atoms with Crippen molar-refractivity contribution < 1.29 is 41.5 Å². The van der Waals surface area contributed by atoms with Gasteiger partial charge in [-0.1, -0.05) is 50.6 Å². The van der Waals surface area contributed by atoms with Crippen LogP contribution < -0.4 is 0 Å². The third kappa shape index (κ3) is 5.27. The van der Waals surface area contributed by atoms with Gasteiger partial charge in [-0.25, -0.2) is 4.79 Å². The van der Waals surface area contributed by atoms with Crippen molar-refractivity contribution in [2.45, 2.75) is 26.3 Å². The van der Waals surface area contributed by atoms with Crippen molar-refractivity contribution in [1.82, 2.24) is 0 Å². The van der Waals surface area contributed by atoms with Crippen LogP contribution in [0.5, 0.6) is 5.75 Å². The molecule has 2 aromatic rings. The molecule has 6 nitrogen and oxygen atoms in total. The second kappa shape index (κ2) is 10.7. The summed E-state index contributed by atoms with van der Waals surface area (Å²) >= 11 is 1.06. The second-order valence-electron chi connectivity index (χ2n) is 5.17. The van der Waals surface area contributed by atoms with Crippen molar-refractivity contribution in [3.05, 3.63) is 42.0 Å². The molecule has 0 aliphatic carbocycles. The Bertz CT molecular complexity index is 704. The molecule has 0 amide bonds. The van der Waals surface area contributed by atoms with E-state index in [1.54, 1.807) is 6.07 Å². The van der Waals surface area contributed by atoms with Gasteiger partial charge in [0.2, 0.25) is 0 Å². The number of aliphatic imine (C=N–C) groups is 1. The van der Waals surface area contributed by atoms with Crippen LogP contribution in [0.25, 0.3) is 10.8 Å². The van der Waals surface area contributed by atoms with Gasteiger partial charge in [-0.15, -0.1) is 0 Å². The molecule has 2 aromatic carbocycles. The number of carboxylic acids is 1. The fourth-order valence-corrected chi connectivity index (χ4v) is 2.25. The second-order valence-corrected chi connectivity index (χ2v) is 5.17. The zero-order chi connectivity index (χ0) is 17.4. The molecule has 129 valence electrons. The van der Waals surface area contributed by atoms with Crippen LogP contribution in [0.2, 0.25) is 0 Å². The Hall–Kier alpha value is -2.02. The summed E-state index contributed by atoms with van der Waals surface area (Å²) in [6.07, 6.45) is 2.21. The van der Waals surface area contributed by atoms with E-state index in [-0.39, 0.29) is 17.1 Å². The summed E-state index contributed by atoms with van der Waals surface area (Å²) in [6.45, 7) is 3.80. The van der Waals surface area contributed by atoms with E-state index in [0.717, 1.165) is 34.6 Å². The van der Waals surface area contributed by atoms with Crippen LogP contribution in [0.1, 0.15) is 25.8 Å². The van der Waals surface area contributed by atoms with Crippen molar-refractivity contribution in [3.8, 4) is 5.75 Å². The van der Waals surface area contributed by atoms with Gasteiger partial charge in [-0.05, 0) is 22.8 Å². The SMILES string of the molecule is CCC(C)C(N=Cc1c(O)ccc2ccccc12)C(=O)O.O.[O]=[V]. The average Bonchev–Trinajstić information content (AvgIpc) is 2.58. The molecule has 0 aliphatic heterocycles. The van der Waals surface area contributed by atoms with Crippen LogP contribution in [-0.4, -0.2) is 33.9 Å². The molecule has 4 N–H and O–H groups in total. The first-order valence-corrected chi connectivity index (χ1v) is 7.76. The normalized spacial score (nSPS) is 12.7. The molecular weight excluding hydrogens is 349 g/mol. The van der Waals surface area contributed by atoms with E-state index in [1.807, 2.05) is 44.2 Å². The first-order valence-electron chi connectivity index (χ1n) is 7.19.